The Balaban J connectivity index is 2.04. The lowest BCUT2D eigenvalue weighted by molar-refractivity contribution is 0.102. The Morgan fingerprint density at radius 1 is 1.15 bits per heavy atom. The molecule has 0 fully saturated rings. The molecule has 0 saturated carbocycles. The topological polar surface area (TPSA) is 71.2 Å². The quantitative estimate of drug-likeness (QED) is 0.897. The summed E-state index contributed by atoms with van der Waals surface area (Å²) in [6.45, 7) is 3.90. The third kappa shape index (κ3) is 3.71. The van der Waals surface area contributed by atoms with Crippen LogP contribution in [0.2, 0.25) is 0 Å². The number of anilines is 1. The van der Waals surface area contributed by atoms with Crippen molar-refractivity contribution in [3.63, 3.8) is 0 Å². The van der Waals surface area contributed by atoms with Crippen LogP contribution in [-0.2, 0) is 0 Å². The van der Waals surface area contributed by atoms with Gasteiger partial charge in [-0.1, -0.05) is 0 Å². The summed E-state index contributed by atoms with van der Waals surface area (Å²) in [4.78, 5) is 25.3. The van der Waals surface area contributed by atoms with Gasteiger partial charge in [0.1, 0.15) is 5.75 Å². The summed E-state index contributed by atoms with van der Waals surface area (Å²) in [5, 5.41) is 2.74. The minimum atomic E-state index is -0.279. The van der Waals surface area contributed by atoms with Gasteiger partial charge in [0, 0.05) is 18.0 Å². The molecule has 5 heteroatoms. The lowest BCUT2D eigenvalue weighted by Gasteiger charge is -2.10. The van der Waals surface area contributed by atoms with Crippen molar-refractivity contribution in [1.82, 2.24) is 4.98 Å². The van der Waals surface area contributed by atoms with Crippen LogP contribution >= 0.6 is 0 Å². The molecule has 2 aromatic rings. The Labute approximate surface area is 116 Å². The van der Waals surface area contributed by atoms with E-state index in [0.29, 0.717) is 11.3 Å². The highest BCUT2D eigenvalue weighted by molar-refractivity contribution is 6.04. The smallest absolute Gasteiger partial charge is 0.257 e. The number of hydrogen-bond acceptors (Lipinski definition) is 3. The van der Waals surface area contributed by atoms with E-state index in [9.17, 15) is 9.59 Å². The number of aromatic amines is 1. The van der Waals surface area contributed by atoms with Gasteiger partial charge in [-0.25, -0.2) is 0 Å². The predicted molar refractivity (Wildman–Crippen MR) is 77.2 cm³/mol. The van der Waals surface area contributed by atoms with Crippen molar-refractivity contribution < 1.29 is 9.53 Å². The summed E-state index contributed by atoms with van der Waals surface area (Å²) in [5.41, 5.74) is 0.821. The third-order valence-electron chi connectivity index (χ3n) is 2.53. The van der Waals surface area contributed by atoms with Gasteiger partial charge in [-0.05, 0) is 44.2 Å². The molecule has 0 atom stereocenters. The van der Waals surface area contributed by atoms with Gasteiger partial charge in [0.25, 0.3) is 5.91 Å². The standard InChI is InChI=1S/C15H16N2O3/c1-10(2)20-13-6-4-12(5-7-13)17-15(19)11-3-8-14(18)16-9-11/h3-10H,1-2H3,(H,16,18)(H,17,19). The minimum Gasteiger partial charge on any atom is -0.491 e. The van der Waals surface area contributed by atoms with Gasteiger partial charge in [-0.2, -0.15) is 0 Å². The average Bonchev–Trinajstić information content (AvgIpc) is 2.41. The second kappa shape index (κ2) is 6.06. The van der Waals surface area contributed by atoms with Crippen molar-refractivity contribution in [3.05, 3.63) is 58.5 Å². The second-order valence-corrected chi connectivity index (χ2v) is 4.59. The normalized spacial score (nSPS) is 10.3. The van der Waals surface area contributed by atoms with E-state index in [-0.39, 0.29) is 17.6 Å². The number of H-pyrrole nitrogens is 1. The van der Waals surface area contributed by atoms with E-state index in [1.54, 1.807) is 24.3 Å². The number of aromatic nitrogens is 1. The minimum absolute atomic E-state index is 0.108. The zero-order valence-corrected chi connectivity index (χ0v) is 11.3. The van der Waals surface area contributed by atoms with Crippen LogP contribution in [0.1, 0.15) is 24.2 Å². The summed E-state index contributed by atoms with van der Waals surface area (Å²) in [7, 11) is 0. The van der Waals surface area contributed by atoms with Crippen LogP contribution in [0.3, 0.4) is 0 Å². The number of benzene rings is 1. The lowest BCUT2D eigenvalue weighted by atomic mass is 10.2. The maximum Gasteiger partial charge on any atom is 0.257 e. The van der Waals surface area contributed by atoms with Crippen LogP contribution < -0.4 is 15.6 Å². The zero-order chi connectivity index (χ0) is 14.5. The Bertz CT molecular complexity index is 624. The van der Waals surface area contributed by atoms with Crippen LogP contribution in [0.4, 0.5) is 5.69 Å². The fourth-order valence-corrected chi connectivity index (χ4v) is 1.64. The van der Waals surface area contributed by atoms with Gasteiger partial charge in [-0.3, -0.25) is 9.59 Å². The van der Waals surface area contributed by atoms with E-state index >= 15 is 0 Å². The van der Waals surface area contributed by atoms with Crippen molar-refractivity contribution in [2.45, 2.75) is 20.0 Å². The van der Waals surface area contributed by atoms with Crippen LogP contribution in [0.15, 0.2) is 47.4 Å². The number of ether oxygens (including phenoxy) is 1. The highest BCUT2D eigenvalue weighted by atomic mass is 16.5. The fourth-order valence-electron chi connectivity index (χ4n) is 1.64. The summed E-state index contributed by atoms with van der Waals surface area (Å²) in [5.74, 6) is 0.473. The molecule has 5 nitrogen and oxygen atoms in total. The number of carbonyl (C=O) groups is 1. The molecule has 0 aliphatic rings. The summed E-state index contributed by atoms with van der Waals surface area (Å²) < 4.78 is 5.52. The summed E-state index contributed by atoms with van der Waals surface area (Å²) in [6.07, 6.45) is 1.49. The number of hydrogen-bond donors (Lipinski definition) is 2. The first-order chi connectivity index (χ1) is 9.54. The Morgan fingerprint density at radius 3 is 2.40 bits per heavy atom. The molecule has 104 valence electrons. The first-order valence-electron chi connectivity index (χ1n) is 6.31. The molecule has 20 heavy (non-hydrogen) atoms. The molecular formula is C15H16N2O3. The van der Waals surface area contributed by atoms with Gasteiger partial charge in [0.05, 0.1) is 11.7 Å². The average molecular weight is 272 g/mol. The molecule has 0 spiro atoms. The van der Waals surface area contributed by atoms with Gasteiger partial charge in [-0.15, -0.1) is 0 Å². The molecule has 2 N–H and O–H groups in total. The van der Waals surface area contributed by atoms with E-state index in [4.69, 9.17) is 4.74 Å². The van der Waals surface area contributed by atoms with Gasteiger partial charge < -0.3 is 15.0 Å². The molecule has 0 saturated heterocycles. The molecule has 0 aliphatic heterocycles. The van der Waals surface area contributed by atoms with Crippen LogP contribution in [0.5, 0.6) is 5.75 Å². The van der Waals surface area contributed by atoms with Crippen molar-refractivity contribution in [2.24, 2.45) is 0 Å². The Kier molecular flexibility index (Phi) is 4.20. The number of carbonyl (C=O) groups excluding carboxylic acids is 1. The van der Waals surface area contributed by atoms with Gasteiger partial charge >= 0.3 is 0 Å². The highest BCUT2D eigenvalue weighted by Gasteiger charge is 2.06. The van der Waals surface area contributed by atoms with Crippen molar-refractivity contribution in [1.29, 1.82) is 0 Å². The first-order valence-corrected chi connectivity index (χ1v) is 6.31. The maximum atomic E-state index is 11.9. The monoisotopic (exact) mass is 272 g/mol. The van der Waals surface area contributed by atoms with Crippen molar-refractivity contribution in [2.75, 3.05) is 5.32 Å². The molecule has 1 aromatic heterocycles. The number of amides is 1. The summed E-state index contributed by atoms with van der Waals surface area (Å²) in [6, 6.07) is 9.91. The highest BCUT2D eigenvalue weighted by Crippen LogP contribution is 2.17. The molecule has 0 aliphatic carbocycles. The fraction of sp³-hybridized carbons (Fsp3) is 0.200. The van der Waals surface area contributed by atoms with Crippen LogP contribution in [0.25, 0.3) is 0 Å². The molecule has 2 rings (SSSR count). The molecule has 0 radical (unpaired) electrons. The van der Waals surface area contributed by atoms with E-state index < -0.39 is 0 Å². The zero-order valence-electron chi connectivity index (χ0n) is 11.3. The molecule has 0 unspecified atom stereocenters. The Morgan fingerprint density at radius 2 is 1.85 bits per heavy atom. The van der Waals surface area contributed by atoms with E-state index in [2.05, 4.69) is 10.3 Å². The van der Waals surface area contributed by atoms with Crippen molar-refractivity contribution >= 4 is 11.6 Å². The van der Waals surface area contributed by atoms with Gasteiger partial charge in [0.2, 0.25) is 5.56 Å². The first kappa shape index (κ1) is 13.9. The number of rotatable bonds is 4. The van der Waals surface area contributed by atoms with Crippen molar-refractivity contribution in [3.8, 4) is 5.75 Å². The van der Waals surface area contributed by atoms with Crippen LogP contribution in [0, 0.1) is 0 Å². The maximum absolute atomic E-state index is 11.9. The number of nitrogens with one attached hydrogen (secondary N) is 2. The van der Waals surface area contributed by atoms with E-state index in [1.807, 2.05) is 13.8 Å². The molecule has 1 heterocycles. The van der Waals surface area contributed by atoms with E-state index in [0.717, 1.165) is 5.75 Å². The molecular weight excluding hydrogens is 256 g/mol. The third-order valence-corrected chi connectivity index (χ3v) is 2.53. The SMILES string of the molecule is CC(C)Oc1ccc(NC(=O)c2ccc(=O)[nH]c2)cc1. The number of pyridine rings is 1. The largest absolute Gasteiger partial charge is 0.491 e. The molecule has 1 aromatic carbocycles. The van der Waals surface area contributed by atoms with Crippen LogP contribution in [-0.4, -0.2) is 17.0 Å². The van der Waals surface area contributed by atoms with E-state index in [1.165, 1.54) is 18.3 Å². The second-order valence-electron chi connectivity index (χ2n) is 4.59. The predicted octanol–water partition coefficient (Wildman–Crippen LogP) is 2.41. The van der Waals surface area contributed by atoms with Gasteiger partial charge in [0.15, 0.2) is 0 Å². The molecule has 1 amide bonds. The molecule has 0 bridgehead atoms. The Hall–Kier alpha value is -2.56. The lowest BCUT2D eigenvalue weighted by Crippen LogP contribution is -2.14. The summed E-state index contributed by atoms with van der Waals surface area (Å²) >= 11 is 0.